The average molecular weight is 332 g/mol. The van der Waals surface area contributed by atoms with Crippen molar-refractivity contribution in [3.8, 4) is 5.75 Å². The highest BCUT2D eigenvalue weighted by Crippen LogP contribution is 2.16. The molecule has 1 amide bonds. The van der Waals surface area contributed by atoms with Gasteiger partial charge < -0.3 is 4.74 Å². The van der Waals surface area contributed by atoms with Gasteiger partial charge in [0.15, 0.2) is 0 Å². The summed E-state index contributed by atoms with van der Waals surface area (Å²) in [6, 6.07) is 21.2. The maximum atomic E-state index is 12.3. The van der Waals surface area contributed by atoms with E-state index in [-0.39, 0.29) is 5.91 Å². The molecule has 4 heteroatoms. The Morgan fingerprint density at radius 3 is 2.36 bits per heavy atom. The zero-order valence-corrected chi connectivity index (χ0v) is 14.3. The highest BCUT2D eigenvalue weighted by molar-refractivity contribution is 6.02. The molecule has 0 heterocycles. The number of nitrogens with zero attached hydrogens (tertiary/aromatic N) is 1. The van der Waals surface area contributed by atoms with Crippen LogP contribution in [0.4, 0.5) is 0 Å². The number of hydrogen-bond donors (Lipinski definition) is 1. The fourth-order valence-electron chi connectivity index (χ4n) is 2.55. The maximum Gasteiger partial charge on any atom is 0.271 e. The van der Waals surface area contributed by atoms with Crippen molar-refractivity contribution in [2.45, 2.75) is 13.8 Å². The Labute approximate surface area is 147 Å². The number of fused-ring (bicyclic) bond motifs is 1. The lowest BCUT2D eigenvalue weighted by Gasteiger charge is -2.06. The van der Waals surface area contributed by atoms with Gasteiger partial charge in [0.25, 0.3) is 5.91 Å². The molecule has 3 aromatic rings. The van der Waals surface area contributed by atoms with E-state index >= 15 is 0 Å². The van der Waals surface area contributed by atoms with Gasteiger partial charge in [-0.1, -0.05) is 30.3 Å². The normalized spacial score (nSPS) is 11.4. The van der Waals surface area contributed by atoms with E-state index < -0.39 is 0 Å². The van der Waals surface area contributed by atoms with E-state index in [0.29, 0.717) is 12.2 Å². The number of hydrogen-bond acceptors (Lipinski definition) is 3. The van der Waals surface area contributed by atoms with Gasteiger partial charge in [0.1, 0.15) is 5.75 Å². The first-order chi connectivity index (χ1) is 12.2. The maximum absolute atomic E-state index is 12.3. The van der Waals surface area contributed by atoms with Crippen molar-refractivity contribution < 1.29 is 9.53 Å². The molecule has 0 aliphatic carbocycles. The van der Waals surface area contributed by atoms with E-state index in [1.54, 1.807) is 6.07 Å². The molecule has 0 fully saturated rings. The molecular weight excluding hydrogens is 312 g/mol. The molecule has 0 atom stereocenters. The fraction of sp³-hybridized carbons (Fsp3) is 0.143. The lowest BCUT2D eigenvalue weighted by Crippen LogP contribution is -2.19. The Morgan fingerprint density at radius 1 is 0.960 bits per heavy atom. The minimum absolute atomic E-state index is 0.226. The molecule has 126 valence electrons. The second-order valence-electron chi connectivity index (χ2n) is 5.66. The summed E-state index contributed by atoms with van der Waals surface area (Å²) in [5, 5.41) is 6.34. The summed E-state index contributed by atoms with van der Waals surface area (Å²) < 4.78 is 5.42. The van der Waals surface area contributed by atoms with Crippen LogP contribution in [0.25, 0.3) is 10.8 Å². The predicted molar refractivity (Wildman–Crippen MR) is 101 cm³/mol. The molecule has 0 saturated heterocycles. The second kappa shape index (κ2) is 7.62. The molecule has 0 bridgehead atoms. The number of carbonyl (C=O) groups excluding carboxylic acids is 1. The van der Waals surface area contributed by atoms with Crippen LogP contribution in [0, 0.1) is 0 Å². The van der Waals surface area contributed by atoms with Crippen molar-refractivity contribution in [3.63, 3.8) is 0 Å². The van der Waals surface area contributed by atoms with Crippen LogP contribution in [0.2, 0.25) is 0 Å². The summed E-state index contributed by atoms with van der Waals surface area (Å²) >= 11 is 0. The molecule has 25 heavy (non-hydrogen) atoms. The lowest BCUT2D eigenvalue weighted by atomic mass is 10.1. The molecule has 0 spiro atoms. The second-order valence-corrected chi connectivity index (χ2v) is 5.66. The standard InChI is InChI=1S/C21H20N2O2/c1-3-25-20-12-10-16(11-13-20)15(2)22-23-21(24)19-9-8-17-6-4-5-7-18(17)14-19/h4-14H,3H2,1-2H3,(H,23,24)/b22-15-. The summed E-state index contributed by atoms with van der Waals surface area (Å²) in [6.45, 7) is 4.44. The van der Waals surface area contributed by atoms with E-state index in [1.165, 1.54) is 0 Å². The van der Waals surface area contributed by atoms with Crippen LogP contribution < -0.4 is 10.2 Å². The van der Waals surface area contributed by atoms with Crippen LogP contribution in [0.1, 0.15) is 29.8 Å². The van der Waals surface area contributed by atoms with Crippen molar-refractivity contribution in [1.29, 1.82) is 0 Å². The Morgan fingerprint density at radius 2 is 1.64 bits per heavy atom. The number of ether oxygens (including phenoxy) is 1. The smallest absolute Gasteiger partial charge is 0.271 e. The Hall–Kier alpha value is -3.14. The molecule has 0 aromatic heterocycles. The third-order valence-electron chi connectivity index (χ3n) is 3.92. The highest BCUT2D eigenvalue weighted by Gasteiger charge is 2.06. The first-order valence-electron chi connectivity index (χ1n) is 8.24. The summed E-state index contributed by atoms with van der Waals surface area (Å²) in [7, 11) is 0. The number of nitrogens with one attached hydrogen (secondary N) is 1. The number of hydrazone groups is 1. The molecule has 0 unspecified atom stereocenters. The molecule has 0 saturated carbocycles. The quantitative estimate of drug-likeness (QED) is 0.556. The predicted octanol–water partition coefficient (Wildman–Crippen LogP) is 4.39. The molecule has 0 aliphatic heterocycles. The van der Waals surface area contributed by atoms with Gasteiger partial charge in [0, 0.05) is 5.56 Å². The van der Waals surface area contributed by atoms with E-state index in [0.717, 1.165) is 27.8 Å². The van der Waals surface area contributed by atoms with Crippen molar-refractivity contribution >= 4 is 22.4 Å². The first kappa shape index (κ1) is 16.7. The number of rotatable bonds is 5. The van der Waals surface area contributed by atoms with E-state index in [4.69, 9.17) is 4.74 Å². The zero-order valence-electron chi connectivity index (χ0n) is 14.3. The van der Waals surface area contributed by atoms with Crippen LogP contribution in [-0.2, 0) is 0 Å². The average Bonchev–Trinajstić information content (AvgIpc) is 2.66. The fourth-order valence-corrected chi connectivity index (χ4v) is 2.55. The van der Waals surface area contributed by atoms with Crippen molar-refractivity contribution in [2.24, 2.45) is 5.10 Å². The third-order valence-corrected chi connectivity index (χ3v) is 3.92. The van der Waals surface area contributed by atoms with Crippen LogP contribution in [-0.4, -0.2) is 18.2 Å². The number of carbonyl (C=O) groups is 1. The minimum atomic E-state index is -0.226. The summed E-state index contributed by atoms with van der Waals surface area (Å²) in [6.07, 6.45) is 0. The SMILES string of the molecule is CCOc1ccc(/C(C)=N\NC(=O)c2ccc3ccccc3c2)cc1. The van der Waals surface area contributed by atoms with Gasteiger partial charge in [0.05, 0.1) is 12.3 Å². The lowest BCUT2D eigenvalue weighted by molar-refractivity contribution is 0.0955. The monoisotopic (exact) mass is 332 g/mol. The summed E-state index contributed by atoms with van der Waals surface area (Å²) in [4.78, 5) is 12.3. The van der Waals surface area contributed by atoms with Crippen LogP contribution >= 0.6 is 0 Å². The van der Waals surface area contributed by atoms with Crippen molar-refractivity contribution in [3.05, 3.63) is 77.9 Å². The zero-order chi connectivity index (χ0) is 17.6. The molecule has 4 nitrogen and oxygen atoms in total. The number of amides is 1. The molecule has 3 aromatic carbocycles. The van der Waals surface area contributed by atoms with Crippen LogP contribution in [0.15, 0.2) is 71.8 Å². The minimum Gasteiger partial charge on any atom is -0.494 e. The highest BCUT2D eigenvalue weighted by atomic mass is 16.5. The van der Waals surface area contributed by atoms with Gasteiger partial charge in [-0.2, -0.15) is 5.10 Å². The van der Waals surface area contributed by atoms with Gasteiger partial charge in [0.2, 0.25) is 0 Å². The van der Waals surface area contributed by atoms with Crippen molar-refractivity contribution in [1.82, 2.24) is 5.43 Å². The summed E-state index contributed by atoms with van der Waals surface area (Å²) in [5.74, 6) is 0.593. The Kier molecular flexibility index (Phi) is 5.09. The number of benzene rings is 3. The van der Waals surface area contributed by atoms with E-state index in [2.05, 4.69) is 10.5 Å². The van der Waals surface area contributed by atoms with Crippen molar-refractivity contribution in [2.75, 3.05) is 6.61 Å². The van der Waals surface area contributed by atoms with Gasteiger partial charge in [-0.25, -0.2) is 5.43 Å². The van der Waals surface area contributed by atoms with Gasteiger partial charge in [-0.3, -0.25) is 4.79 Å². The van der Waals surface area contributed by atoms with Gasteiger partial charge in [-0.05, 0) is 66.6 Å². The molecule has 0 aliphatic rings. The van der Waals surface area contributed by atoms with Gasteiger partial charge >= 0.3 is 0 Å². The molecular formula is C21H20N2O2. The van der Waals surface area contributed by atoms with Crippen LogP contribution in [0.5, 0.6) is 5.75 Å². The molecule has 3 rings (SSSR count). The Balaban J connectivity index is 1.71. The first-order valence-corrected chi connectivity index (χ1v) is 8.24. The Bertz CT molecular complexity index is 915. The van der Waals surface area contributed by atoms with Crippen LogP contribution in [0.3, 0.4) is 0 Å². The summed E-state index contributed by atoms with van der Waals surface area (Å²) in [5.41, 5.74) is 4.87. The largest absolute Gasteiger partial charge is 0.494 e. The third kappa shape index (κ3) is 4.04. The molecule has 0 radical (unpaired) electrons. The van der Waals surface area contributed by atoms with Gasteiger partial charge in [-0.15, -0.1) is 0 Å². The molecule has 1 N–H and O–H groups in total. The van der Waals surface area contributed by atoms with E-state index in [9.17, 15) is 4.79 Å². The topological polar surface area (TPSA) is 50.7 Å². The van der Waals surface area contributed by atoms with E-state index in [1.807, 2.05) is 74.5 Å².